The molecule has 2 N–H and O–H groups in total. The second-order valence-corrected chi connectivity index (χ2v) is 4.24. The van der Waals surface area contributed by atoms with Crippen molar-refractivity contribution in [1.82, 2.24) is 15.2 Å². The standard InChI is InChI=1S/C12H13N5O3/c1-8-2-3-9(6-10(8)17(19)20)15-12(18)5-4-11-13-7-14-16-11/h2-3,6-7H,4-5H2,1H3,(H,15,18)(H,13,14,16). The lowest BCUT2D eigenvalue weighted by Gasteiger charge is -2.05. The zero-order chi connectivity index (χ0) is 14.5. The molecule has 1 aromatic heterocycles. The summed E-state index contributed by atoms with van der Waals surface area (Å²) in [7, 11) is 0. The summed E-state index contributed by atoms with van der Waals surface area (Å²) in [5.41, 5.74) is 0.942. The Morgan fingerprint density at radius 2 is 2.30 bits per heavy atom. The van der Waals surface area contributed by atoms with E-state index in [4.69, 9.17) is 0 Å². The van der Waals surface area contributed by atoms with Crippen molar-refractivity contribution in [3.05, 3.63) is 46.0 Å². The highest BCUT2D eigenvalue weighted by Crippen LogP contribution is 2.22. The van der Waals surface area contributed by atoms with Crippen LogP contribution in [0.4, 0.5) is 11.4 Å². The summed E-state index contributed by atoms with van der Waals surface area (Å²) < 4.78 is 0. The Bertz CT molecular complexity index is 624. The van der Waals surface area contributed by atoms with Gasteiger partial charge in [0.05, 0.1) is 4.92 Å². The summed E-state index contributed by atoms with van der Waals surface area (Å²) in [6.45, 7) is 1.65. The first kappa shape index (κ1) is 13.7. The molecule has 20 heavy (non-hydrogen) atoms. The van der Waals surface area contributed by atoms with Gasteiger partial charge in [-0.2, -0.15) is 5.10 Å². The first-order chi connectivity index (χ1) is 9.56. The van der Waals surface area contributed by atoms with Crippen molar-refractivity contribution in [1.29, 1.82) is 0 Å². The highest BCUT2D eigenvalue weighted by Gasteiger charge is 2.12. The number of amides is 1. The second-order valence-electron chi connectivity index (χ2n) is 4.24. The maximum absolute atomic E-state index is 11.7. The number of benzene rings is 1. The van der Waals surface area contributed by atoms with Gasteiger partial charge < -0.3 is 5.32 Å². The SMILES string of the molecule is Cc1ccc(NC(=O)CCc2ncn[nH]2)cc1[N+](=O)[O-]. The van der Waals surface area contributed by atoms with E-state index < -0.39 is 4.92 Å². The lowest BCUT2D eigenvalue weighted by Crippen LogP contribution is -2.13. The molecule has 2 aromatic rings. The van der Waals surface area contributed by atoms with Gasteiger partial charge in [0.25, 0.3) is 5.69 Å². The van der Waals surface area contributed by atoms with Gasteiger partial charge >= 0.3 is 0 Å². The quantitative estimate of drug-likeness (QED) is 0.635. The molecule has 2 rings (SSSR count). The Balaban J connectivity index is 1.97. The Kier molecular flexibility index (Phi) is 4.04. The number of nitro benzene ring substituents is 1. The Hall–Kier alpha value is -2.77. The predicted octanol–water partition coefficient (Wildman–Crippen LogP) is 1.59. The van der Waals surface area contributed by atoms with E-state index >= 15 is 0 Å². The largest absolute Gasteiger partial charge is 0.326 e. The van der Waals surface area contributed by atoms with E-state index in [1.165, 1.54) is 12.4 Å². The summed E-state index contributed by atoms with van der Waals surface area (Å²) >= 11 is 0. The van der Waals surface area contributed by atoms with E-state index in [1.54, 1.807) is 19.1 Å². The van der Waals surface area contributed by atoms with Crippen LogP contribution in [0, 0.1) is 17.0 Å². The van der Waals surface area contributed by atoms with E-state index in [0.717, 1.165) is 0 Å². The van der Waals surface area contributed by atoms with Crippen molar-refractivity contribution in [2.24, 2.45) is 0 Å². The molecule has 104 valence electrons. The minimum Gasteiger partial charge on any atom is -0.326 e. The van der Waals surface area contributed by atoms with Gasteiger partial charge in [-0.3, -0.25) is 20.0 Å². The minimum absolute atomic E-state index is 0.0157. The van der Waals surface area contributed by atoms with E-state index in [1.807, 2.05) is 0 Å². The molecule has 8 heteroatoms. The van der Waals surface area contributed by atoms with Crippen molar-refractivity contribution in [3.63, 3.8) is 0 Å². The van der Waals surface area contributed by atoms with Crippen LogP contribution in [0.3, 0.4) is 0 Å². The van der Waals surface area contributed by atoms with Gasteiger partial charge in [-0.25, -0.2) is 4.98 Å². The molecule has 0 atom stereocenters. The van der Waals surface area contributed by atoms with Crippen molar-refractivity contribution < 1.29 is 9.72 Å². The molecule has 1 amide bonds. The second kappa shape index (κ2) is 5.91. The monoisotopic (exact) mass is 275 g/mol. The average molecular weight is 275 g/mol. The maximum atomic E-state index is 11.7. The van der Waals surface area contributed by atoms with Gasteiger partial charge in [-0.15, -0.1) is 0 Å². The van der Waals surface area contributed by atoms with Crippen LogP contribution in [0.1, 0.15) is 17.8 Å². The van der Waals surface area contributed by atoms with Crippen LogP contribution in [0.15, 0.2) is 24.5 Å². The summed E-state index contributed by atoms with van der Waals surface area (Å²) in [5, 5.41) is 19.8. The van der Waals surface area contributed by atoms with Crippen LogP contribution in [-0.2, 0) is 11.2 Å². The fourth-order valence-electron chi connectivity index (χ4n) is 1.69. The molecule has 0 spiro atoms. The normalized spacial score (nSPS) is 10.2. The molecule has 0 aliphatic carbocycles. The zero-order valence-corrected chi connectivity index (χ0v) is 10.8. The summed E-state index contributed by atoms with van der Waals surface area (Å²) in [5.74, 6) is 0.384. The molecule has 0 fully saturated rings. The van der Waals surface area contributed by atoms with Crippen molar-refractivity contribution in [2.75, 3.05) is 5.32 Å². The number of carbonyl (C=O) groups is 1. The van der Waals surface area contributed by atoms with Gasteiger partial charge in [-0.1, -0.05) is 6.07 Å². The Morgan fingerprint density at radius 1 is 1.50 bits per heavy atom. The number of rotatable bonds is 5. The number of carbonyl (C=O) groups excluding carboxylic acids is 1. The molecule has 0 aliphatic rings. The number of aromatic amines is 1. The van der Waals surface area contributed by atoms with E-state index in [9.17, 15) is 14.9 Å². The molecular weight excluding hydrogens is 262 g/mol. The number of nitro groups is 1. The molecule has 0 bridgehead atoms. The molecule has 0 saturated heterocycles. The number of hydrogen-bond acceptors (Lipinski definition) is 5. The fourth-order valence-corrected chi connectivity index (χ4v) is 1.69. The number of aromatic nitrogens is 3. The average Bonchev–Trinajstić information content (AvgIpc) is 2.91. The maximum Gasteiger partial charge on any atom is 0.274 e. The molecule has 0 radical (unpaired) electrons. The van der Waals surface area contributed by atoms with Crippen LogP contribution in [0.25, 0.3) is 0 Å². The number of nitrogens with one attached hydrogen (secondary N) is 2. The van der Waals surface area contributed by atoms with Crippen LogP contribution >= 0.6 is 0 Å². The fraction of sp³-hybridized carbons (Fsp3) is 0.250. The molecule has 1 aromatic carbocycles. The smallest absolute Gasteiger partial charge is 0.274 e. The van der Waals surface area contributed by atoms with Gasteiger partial charge in [0.15, 0.2) is 0 Å². The Morgan fingerprint density at radius 3 is 2.95 bits per heavy atom. The van der Waals surface area contributed by atoms with Gasteiger partial charge in [0.1, 0.15) is 12.2 Å². The minimum atomic E-state index is -0.473. The molecule has 1 heterocycles. The number of hydrogen-bond donors (Lipinski definition) is 2. The zero-order valence-electron chi connectivity index (χ0n) is 10.8. The summed E-state index contributed by atoms with van der Waals surface area (Å²) in [6, 6.07) is 4.58. The molecule has 8 nitrogen and oxygen atoms in total. The number of aryl methyl sites for hydroxylation is 2. The molecule has 0 saturated carbocycles. The third-order valence-corrected chi connectivity index (χ3v) is 2.74. The van der Waals surface area contributed by atoms with E-state index in [-0.39, 0.29) is 18.0 Å². The first-order valence-corrected chi connectivity index (χ1v) is 5.95. The first-order valence-electron chi connectivity index (χ1n) is 5.95. The lowest BCUT2D eigenvalue weighted by molar-refractivity contribution is -0.385. The van der Waals surface area contributed by atoms with Crippen LogP contribution < -0.4 is 5.32 Å². The van der Waals surface area contributed by atoms with Crippen LogP contribution in [0.5, 0.6) is 0 Å². The van der Waals surface area contributed by atoms with Crippen LogP contribution in [0.2, 0.25) is 0 Å². The molecule has 0 aliphatic heterocycles. The number of H-pyrrole nitrogens is 1. The van der Waals surface area contributed by atoms with Crippen molar-refractivity contribution in [3.8, 4) is 0 Å². The number of anilines is 1. The van der Waals surface area contributed by atoms with Crippen molar-refractivity contribution in [2.45, 2.75) is 19.8 Å². The summed E-state index contributed by atoms with van der Waals surface area (Å²) in [6.07, 6.45) is 2.02. The number of nitrogens with zero attached hydrogens (tertiary/aromatic N) is 3. The Labute approximate surface area is 114 Å². The highest BCUT2D eigenvalue weighted by molar-refractivity contribution is 5.91. The van der Waals surface area contributed by atoms with E-state index in [2.05, 4.69) is 20.5 Å². The molecular formula is C12H13N5O3. The van der Waals surface area contributed by atoms with E-state index in [0.29, 0.717) is 23.5 Å². The third kappa shape index (κ3) is 3.37. The highest BCUT2D eigenvalue weighted by atomic mass is 16.6. The molecule has 0 unspecified atom stereocenters. The van der Waals surface area contributed by atoms with Gasteiger partial charge in [-0.05, 0) is 13.0 Å². The topological polar surface area (TPSA) is 114 Å². The van der Waals surface area contributed by atoms with Crippen molar-refractivity contribution >= 4 is 17.3 Å². The predicted molar refractivity (Wildman–Crippen MR) is 71.2 cm³/mol. The lowest BCUT2D eigenvalue weighted by atomic mass is 10.2. The van der Waals surface area contributed by atoms with Crippen LogP contribution in [-0.4, -0.2) is 26.0 Å². The van der Waals surface area contributed by atoms with Gasteiger partial charge in [0.2, 0.25) is 5.91 Å². The summed E-state index contributed by atoms with van der Waals surface area (Å²) in [4.78, 5) is 26.0. The van der Waals surface area contributed by atoms with Gasteiger partial charge in [0, 0.05) is 30.2 Å². The third-order valence-electron chi connectivity index (χ3n) is 2.74.